The van der Waals surface area contributed by atoms with Gasteiger partial charge >= 0.3 is 0 Å². The predicted octanol–water partition coefficient (Wildman–Crippen LogP) is 3.28. The molecule has 0 spiro atoms. The van der Waals surface area contributed by atoms with Crippen LogP contribution in [0.1, 0.15) is 36.0 Å². The standard InChI is InChI=1S/C16H23ClN2O/c1-18(2)14-6-4-5-7-15(14)19(3)16(20)12-8-10-13(17)11-9-12/h8-11,14-15H,4-7H2,1-3H3/t14-,15?/m1/s1. The number of halogens is 1. The Bertz CT molecular complexity index is 458. The highest BCUT2D eigenvalue weighted by atomic mass is 35.5. The third-order valence-electron chi connectivity index (χ3n) is 4.27. The molecule has 4 heteroatoms. The number of hydrogen-bond donors (Lipinski definition) is 0. The minimum atomic E-state index is 0.0837. The van der Waals surface area contributed by atoms with Crippen LogP contribution in [0.2, 0.25) is 5.02 Å². The molecule has 20 heavy (non-hydrogen) atoms. The van der Waals surface area contributed by atoms with Crippen molar-refractivity contribution >= 4 is 17.5 Å². The molecule has 1 aliphatic carbocycles. The second kappa shape index (κ2) is 6.59. The molecular weight excluding hydrogens is 272 g/mol. The second-order valence-corrected chi connectivity index (χ2v) is 6.24. The van der Waals surface area contributed by atoms with Gasteiger partial charge in [0.2, 0.25) is 0 Å². The van der Waals surface area contributed by atoms with Gasteiger partial charge in [-0.25, -0.2) is 0 Å². The predicted molar refractivity (Wildman–Crippen MR) is 83.3 cm³/mol. The lowest BCUT2D eigenvalue weighted by molar-refractivity contribution is 0.0544. The van der Waals surface area contributed by atoms with Crippen LogP contribution in [0.15, 0.2) is 24.3 Å². The van der Waals surface area contributed by atoms with Crippen LogP contribution in [0.4, 0.5) is 0 Å². The lowest BCUT2D eigenvalue weighted by atomic mass is 9.88. The van der Waals surface area contributed by atoms with E-state index in [1.807, 2.05) is 11.9 Å². The summed E-state index contributed by atoms with van der Waals surface area (Å²) in [6.07, 6.45) is 4.70. The fourth-order valence-electron chi connectivity index (χ4n) is 3.09. The average molecular weight is 295 g/mol. The van der Waals surface area contributed by atoms with Crippen molar-refractivity contribution in [1.82, 2.24) is 9.80 Å². The first kappa shape index (κ1) is 15.3. The highest BCUT2D eigenvalue weighted by molar-refractivity contribution is 6.30. The molecule has 110 valence electrons. The number of amides is 1. The second-order valence-electron chi connectivity index (χ2n) is 5.81. The Morgan fingerprint density at radius 2 is 1.60 bits per heavy atom. The van der Waals surface area contributed by atoms with Gasteiger partial charge in [0.1, 0.15) is 0 Å². The van der Waals surface area contributed by atoms with Gasteiger partial charge in [0, 0.05) is 29.7 Å². The van der Waals surface area contributed by atoms with E-state index >= 15 is 0 Å². The number of likely N-dealkylation sites (N-methyl/N-ethyl adjacent to an activating group) is 2. The summed E-state index contributed by atoms with van der Waals surface area (Å²) < 4.78 is 0. The molecule has 3 nitrogen and oxygen atoms in total. The quantitative estimate of drug-likeness (QED) is 0.854. The largest absolute Gasteiger partial charge is 0.337 e. The van der Waals surface area contributed by atoms with Gasteiger partial charge in [0.25, 0.3) is 5.91 Å². The van der Waals surface area contributed by atoms with Crippen LogP contribution in [0.25, 0.3) is 0 Å². The van der Waals surface area contributed by atoms with Gasteiger partial charge < -0.3 is 9.80 Å². The molecule has 1 aromatic rings. The lowest BCUT2D eigenvalue weighted by Crippen LogP contribution is -2.51. The number of nitrogens with zero attached hydrogens (tertiary/aromatic N) is 2. The minimum Gasteiger partial charge on any atom is -0.337 e. The lowest BCUT2D eigenvalue weighted by Gasteiger charge is -2.41. The van der Waals surface area contributed by atoms with Crippen molar-refractivity contribution in [2.45, 2.75) is 37.8 Å². The molecular formula is C16H23ClN2O. The molecule has 0 heterocycles. The SMILES string of the molecule is CN(C(=O)c1ccc(Cl)cc1)C1CCCC[C@H]1N(C)C. The highest BCUT2D eigenvalue weighted by Crippen LogP contribution is 2.26. The van der Waals surface area contributed by atoms with Crippen LogP contribution in [0.5, 0.6) is 0 Å². The summed E-state index contributed by atoms with van der Waals surface area (Å²) in [5.74, 6) is 0.0837. The zero-order chi connectivity index (χ0) is 14.7. The van der Waals surface area contributed by atoms with Gasteiger partial charge in [-0.3, -0.25) is 4.79 Å². The van der Waals surface area contributed by atoms with Crippen molar-refractivity contribution in [1.29, 1.82) is 0 Å². The Morgan fingerprint density at radius 3 is 2.15 bits per heavy atom. The highest BCUT2D eigenvalue weighted by Gasteiger charge is 2.32. The van der Waals surface area contributed by atoms with Gasteiger partial charge in [-0.1, -0.05) is 24.4 Å². The van der Waals surface area contributed by atoms with Crippen LogP contribution in [0.3, 0.4) is 0 Å². The van der Waals surface area contributed by atoms with Crippen molar-refractivity contribution in [2.24, 2.45) is 0 Å². The van der Waals surface area contributed by atoms with Gasteiger partial charge in [-0.15, -0.1) is 0 Å². The Balaban J connectivity index is 2.14. The maximum Gasteiger partial charge on any atom is 0.253 e. The van der Waals surface area contributed by atoms with Crippen molar-refractivity contribution in [3.8, 4) is 0 Å². The number of rotatable bonds is 3. The number of carbonyl (C=O) groups excluding carboxylic acids is 1. The summed E-state index contributed by atoms with van der Waals surface area (Å²) in [5.41, 5.74) is 0.708. The zero-order valence-corrected chi connectivity index (χ0v) is 13.2. The zero-order valence-electron chi connectivity index (χ0n) is 12.5. The summed E-state index contributed by atoms with van der Waals surface area (Å²) in [5, 5.41) is 0.660. The summed E-state index contributed by atoms with van der Waals surface area (Å²) in [6, 6.07) is 7.88. The monoisotopic (exact) mass is 294 g/mol. The minimum absolute atomic E-state index is 0.0837. The molecule has 0 radical (unpaired) electrons. The fourth-order valence-corrected chi connectivity index (χ4v) is 3.22. The molecule has 2 atom stereocenters. The summed E-state index contributed by atoms with van der Waals surface area (Å²) in [4.78, 5) is 16.7. The van der Waals surface area contributed by atoms with E-state index in [0.717, 1.165) is 12.8 Å². The van der Waals surface area contributed by atoms with E-state index < -0.39 is 0 Å². The van der Waals surface area contributed by atoms with Gasteiger partial charge in [-0.05, 0) is 51.2 Å². The Kier molecular flexibility index (Phi) is 5.06. The molecule has 1 amide bonds. The molecule has 1 unspecified atom stereocenters. The Morgan fingerprint density at radius 1 is 1.05 bits per heavy atom. The third kappa shape index (κ3) is 3.33. The molecule has 1 aromatic carbocycles. The number of benzene rings is 1. The molecule has 0 aliphatic heterocycles. The fraction of sp³-hybridized carbons (Fsp3) is 0.562. The number of carbonyl (C=O) groups is 1. The van der Waals surface area contributed by atoms with Crippen LogP contribution >= 0.6 is 11.6 Å². The van der Waals surface area contributed by atoms with Crippen molar-refractivity contribution in [3.05, 3.63) is 34.9 Å². The van der Waals surface area contributed by atoms with E-state index in [4.69, 9.17) is 11.6 Å². The molecule has 0 saturated heterocycles. The third-order valence-corrected chi connectivity index (χ3v) is 4.52. The van der Waals surface area contributed by atoms with Crippen LogP contribution in [-0.4, -0.2) is 48.9 Å². The van der Waals surface area contributed by atoms with Gasteiger partial charge in [0.05, 0.1) is 0 Å². The Hall–Kier alpha value is -1.06. The molecule has 1 fully saturated rings. The molecule has 2 rings (SSSR count). The van der Waals surface area contributed by atoms with E-state index in [-0.39, 0.29) is 5.91 Å². The average Bonchev–Trinajstić information content (AvgIpc) is 2.46. The number of hydrogen-bond acceptors (Lipinski definition) is 2. The van der Waals surface area contributed by atoms with Crippen molar-refractivity contribution in [3.63, 3.8) is 0 Å². The van der Waals surface area contributed by atoms with Crippen LogP contribution in [-0.2, 0) is 0 Å². The molecule has 1 aliphatic rings. The molecule has 0 aromatic heterocycles. The van der Waals surface area contributed by atoms with Crippen LogP contribution in [0, 0.1) is 0 Å². The first-order chi connectivity index (χ1) is 9.50. The Labute approximate surface area is 126 Å². The summed E-state index contributed by atoms with van der Waals surface area (Å²) in [7, 11) is 6.12. The normalized spacial score (nSPS) is 22.9. The molecule has 0 bridgehead atoms. The van der Waals surface area contributed by atoms with E-state index in [1.54, 1.807) is 24.3 Å². The van der Waals surface area contributed by atoms with Crippen molar-refractivity contribution in [2.75, 3.05) is 21.1 Å². The van der Waals surface area contributed by atoms with E-state index in [2.05, 4.69) is 19.0 Å². The maximum atomic E-state index is 12.6. The van der Waals surface area contributed by atoms with Crippen LogP contribution < -0.4 is 0 Å². The summed E-state index contributed by atoms with van der Waals surface area (Å²) in [6.45, 7) is 0. The molecule has 1 saturated carbocycles. The van der Waals surface area contributed by atoms with Gasteiger partial charge in [0.15, 0.2) is 0 Å². The smallest absolute Gasteiger partial charge is 0.253 e. The van der Waals surface area contributed by atoms with Gasteiger partial charge in [-0.2, -0.15) is 0 Å². The topological polar surface area (TPSA) is 23.6 Å². The molecule has 0 N–H and O–H groups in total. The maximum absolute atomic E-state index is 12.6. The van der Waals surface area contributed by atoms with E-state index in [9.17, 15) is 4.79 Å². The summed E-state index contributed by atoms with van der Waals surface area (Å²) >= 11 is 5.88. The first-order valence-corrected chi connectivity index (χ1v) is 7.57. The van der Waals surface area contributed by atoms with E-state index in [0.29, 0.717) is 22.7 Å². The first-order valence-electron chi connectivity index (χ1n) is 7.20. The van der Waals surface area contributed by atoms with Crippen molar-refractivity contribution < 1.29 is 4.79 Å². The van der Waals surface area contributed by atoms with E-state index in [1.165, 1.54) is 12.8 Å².